The molecule has 2 aliphatic carbocycles. The van der Waals surface area contributed by atoms with Gasteiger partial charge in [0.2, 0.25) is 0 Å². The summed E-state index contributed by atoms with van der Waals surface area (Å²) in [7, 11) is 0. The molecule has 1 saturated carbocycles. The van der Waals surface area contributed by atoms with Gasteiger partial charge < -0.3 is 0 Å². The van der Waals surface area contributed by atoms with Crippen LogP contribution in [0.4, 0.5) is 0 Å². The predicted octanol–water partition coefficient (Wildman–Crippen LogP) is 13.2. The molecule has 1 fully saturated rings. The first-order valence-corrected chi connectivity index (χ1v) is 19.3. The number of fused-ring (bicyclic) bond motifs is 8. The van der Waals surface area contributed by atoms with Gasteiger partial charge in [0.25, 0.3) is 0 Å². The highest BCUT2D eigenvalue weighted by Crippen LogP contribution is 2.59. The van der Waals surface area contributed by atoms with Gasteiger partial charge in [-0.2, -0.15) is 0 Å². The van der Waals surface area contributed by atoms with Crippen molar-refractivity contribution in [3.8, 4) is 44.9 Å². The van der Waals surface area contributed by atoms with E-state index in [1.807, 2.05) is 23.6 Å². The molecule has 0 N–H and O–H groups in total. The lowest BCUT2D eigenvalue weighted by atomic mass is 9.66. The predicted molar refractivity (Wildman–Crippen MR) is 211 cm³/mol. The van der Waals surface area contributed by atoms with Crippen molar-refractivity contribution in [3.05, 3.63) is 157 Å². The Morgan fingerprint density at radius 1 is 0.580 bits per heavy atom. The summed E-state index contributed by atoms with van der Waals surface area (Å²) in [6, 6.07) is 50.9. The Bertz CT molecular complexity index is 2550. The summed E-state index contributed by atoms with van der Waals surface area (Å²) in [5, 5.41) is 2.64. The molecule has 10 rings (SSSR count). The highest BCUT2D eigenvalue weighted by molar-refractivity contribution is 7.99. The van der Waals surface area contributed by atoms with Crippen molar-refractivity contribution < 1.29 is 0 Å². The minimum absolute atomic E-state index is 0.0638. The lowest BCUT2D eigenvalue weighted by Crippen LogP contribution is -2.28. The van der Waals surface area contributed by atoms with E-state index in [-0.39, 0.29) is 5.41 Å². The van der Waals surface area contributed by atoms with E-state index in [0.29, 0.717) is 0 Å². The molecule has 0 saturated heterocycles. The monoisotopic (exact) mass is 678 g/mol. The maximum absolute atomic E-state index is 5.36. The molecule has 0 aliphatic heterocycles. The first-order valence-electron chi connectivity index (χ1n) is 17.6. The normalized spacial score (nSPS) is 14.6. The van der Waals surface area contributed by atoms with Crippen LogP contribution in [0.25, 0.3) is 65.1 Å². The largest absolute Gasteiger partial charge is 0.235 e. The molecule has 0 unspecified atom stereocenters. The first-order chi connectivity index (χ1) is 24.8. The highest BCUT2D eigenvalue weighted by Gasteiger charge is 2.45. The van der Waals surface area contributed by atoms with Crippen molar-refractivity contribution in [2.45, 2.75) is 47.3 Å². The van der Waals surface area contributed by atoms with Gasteiger partial charge in [-0.25, -0.2) is 9.97 Å². The zero-order valence-electron chi connectivity index (χ0n) is 27.6. The van der Waals surface area contributed by atoms with Gasteiger partial charge in [0.05, 0.1) is 10.6 Å². The maximum atomic E-state index is 5.36. The summed E-state index contributed by atoms with van der Waals surface area (Å²) in [5.74, 6) is 0.745. The lowest BCUT2D eigenvalue weighted by Gasteiger charge is -2.37. The Labute approximate surface area is 300 Å². The van der Waals surface area contributed by atoms with Gasteiger partial charge in [-0.1, -0.05) is 152 Å². The van der Waals surface area contributed by atoms with Crippen LogP contribution in [-0.2, 0) is 5.41 Å². The molecule has 240 valence electrons. The van der Waals surface area contributed by atoms with Crippen molar-refractivity contribution in [2.24, 2.45) is 0 Å². The third kappa shape index (κ3) is 4.70. The van der Waals surface area contributed by atoms with Gasteiger partial charge in [-0.3, -0.25) is 0 Å². The van der Waals surface area contributed by atoms with Crippen LogP contribution in [0.15, 0.2) is 156 Å². The number of hydrogen-bond donors (Lipinski definition) is 0. The molecule has 0 amide bonds. The number of nitrogens with zero attached hydrogens (tertiary/aromatic N) is 2. The first kappa shape index (κ1) is 29.8. The minimum atomic E-state index is 0.0638. The summed E-state index contributed by atoms with van der Waals surface area (Å²) in [6.07, 6.45) is 8.31. The number of rotatable bonds is 5. The standard InChI is InChI=1S/C46H34N2S2/c1-4-15-30(16-5-1)45-47-29-40(49-31-17-6-2-7-18-31)43(48-45)37-26-25-33(41-36-20-9-11-24-39(36)50-44(37)41)35-22-14-21-34-32-19-8-10-23-38(32)46(42(34)35)27-12-3-13-28-46/h1-2,4-11,14-26,29H,3,12-13,27-28H2. The summed E-state index contributed by atoms with van der Waals surface area (Å²) < 4.78 is 2.58. The molecule has 1 spiro atoms. The molecule has 0 radical (unpaired) electrons. The van der Waals surface area contributed by atoms with Gasteiger partial charge in [-0.05, 0) is 64.4 Å². The number of hydrogen-bond acceptors (Lipinski definition) is 4. The van der Waals surface area contributed by atoms with Crippen LogP contribution in [-0.4, -0.2) is 9.97 Å². The van der Waals surface area contributed by atoms with E-state index >= 15 is 0 Å². The average Bonchev–Trinajstić information content (AvgIpc) is 3.70. The second-order valence-corrected chi connectivity index (χ2v) is 15.7. The molecule has 8 aromatic rings. The van der Waals surface area contributed by atoms with Crippen LogP contribution < -0.4 is 0 Å². The minimum Gasteiger partial charge on any atom is -0.235 e. The van der Waals surface area contributed by atoms with E-state index in [4.69, 9.17) is 9.97 Å². The topological polar surface area (TPSA) is 25.8 Å². The fourth-order valence-electron chi connectivity index (χ4n) is 8.68. The van der Waals surface area contributed by atoms with Gasteiger partial charge >= 0.3 is 0 Å². The fraction of sp³-hybridized carbons (Fsp3) is 0.130. The summed E-state index contributed by atoms with van der Waals surface area (Å²) >= 11 is 3.62. The lowest BCUT2D eigenvalue weighted by molar-refractivity contribution is 0.353. The van der Waals surface area contributed by atoms with Crippen molar-refractivity contribution in [2.75, 3.05) is 0 Å². The summed E-state index contributed by atoms with van der Waals surface area (Å²) in [6.45, 7) is 0. The van der Waals surface area contributed by atoms with Crippen LogP contribution in [0.5, 0.6) is 0 Å². The Kier molecular flexibility index (Phi) is 7.21. The highest BCUT2D eigenvalue weighted by atomic mass is 32.2. The Morgan fingerprint density at radius 3 is 2.10 bits per heavy atom. The molecule has 2 aliphatic rings. The van der Waals surface area contributed by atoms with E-state index in [2.05, 4.69) is 133 Å². The van der Waals surface area contributed by atoms with E-state index < -0.39 is 0 Å². The SMILES string of the molecule is c1ccc(Sc2cnc(-c3ccccc3)nc2-c2ccc(-c3cccc4c3C3(CCCCC3)c3ccccc3-4)c3c2sc2ccccc23)cc1. The van der Waals surface area contributed by atoms with Crippen LogP contribution in [0.3, 0.4) is 0 Å². The number of benzene rings is 6. The van der Waals surface area contributed by atoms with Crippen molar-refractivity contribution in [1.29, 1.82) is 0 Å². The molecule has 6 aromatic carbocycles. The average molecular weight is 679 g/mol. The quantitative estimate of drug-likeness (QED) is 0.181. The Balaban J connectivity index is 1.24. The molecular weight excluding hydrogens is 645 g/mol. The molecular formula is C46H34N2S2. The van der Waals surface area contributed by atoms with Gasteiger partial charge in [-0.15, -0.1) is 11.3 Å². The van der Waals surface area contributed by atoms with E-state index in [0.717, 1.165) is 27.5 Å². The summed E-state index contributed by atoms with van der Waals surface area (Å²) in [4.78, 5) is 12.5. The molecule has 2 heterocycles. The fourth-order valence-corrected chi connectivity index (χ4v) is 10.8. The molecule has 0 bridgehead atoms. The Hall–Kier alpha value is -5.03. The molecule has 2 aromatic heterocycles. The molecule has 0 atom stereocenters. The second kappa shape index (κ2) is 12.1. The zero-order chi connectivity index (χ0) is 33.1. The summed E-state index contributed by atoms with van der Waals surface area (Å²) in [5.41, 5.74) is 11.8. The van der Waals surface area contributed by atoms with E-state index in [9.17, 15) is 0 Å². The number of thiophene rings is 1. The number of aromatic nitrogens is 2. The molecule has 2 nitrogen and oxygen atoms in total. The van der Waals surface area contributed by atoms with Gasteiger partial charge in [0, 0.05) is 47.8 Å². The molecule has 4 heteroatoms. The van der Waals surface area contributed by atoms with Crippen molar-refractivity contribution >= 4 is 43.3 Å². The van der Waals surface area contributed by atoms with Gasteiger partial charge in [0.1, 0.15) is 0 Å². The van der Waals surface area contributed by atoms with Crippen LogP contribution in [0.1, 0.15) is 43.2 Å². The van der Waals surface area contributed by atoms with Crippen LogP contribution in [0, 0.1) is 0 Å². The smallest absolute Gasteiger partial charge is 0.159 e. The Morgan fingerprint density at radius 2 is 1.26 bits per heavy atom. The van der Waals surface area contributed by atoms with Crippen LogP contribution >= 0.6 is 23.1 Å². The van der Waals surface area contributed by atoms with Crippen LogP contribution in [0.2, 0.25) is 0 Å². The van der Waals surface area contributed by atoms with E-state index in [1.165, 1.54) is 85.0 Å². The zero-order valence-corrected chi connectivity index (χ0v) is 29.2. The maximum Gasteiger partial charge on any atom is 0.159 e. The third-order valence-electron chi connectivity index (χ3n) is 10.8. The third-order valence-corrected chi connectivity index (χ3v) is 13.0. The van der Waals surface area contributed by atoms with E-state index in [1.54, 1.807) is 17.3 Å². The second-order valence-electron chi connectivity index (χ2n) is 13.6. The molecule has 50 heavy (non-hydrogen) atoms. The van der Waals surface area contributed by atoms with Crippen molar-refractivity contribution in [3.63, 3.8) is 0 Å². The van der Waals surface area contributed by atoms with Gasteiger partial charge in [0.15, 0.2) is 5.82 Å². The van der Waals surface area contributed by atoms with Crippen molar-refractivity contribution in [1.82, 2.24) is 9.97 Å².